The summed E-state index contributed by atoms with van der Waals surface area (Å²) in [7, 11) is 0. The zero-order valence-corrected chi connectivity index (χ0v) is 18.5. The van der Waals surface area contributed by atoms with Crippen LogP contribution in [-0.2, 0) is 11.0 Å². The van der Waals surface area contributed by atoms with Crippen LogP contribution in [0.1, 0.15) is 26.0 Å². The van der Waals surface area contributed by atoms with Crippen molar-refractivity contribution in [3.05, 3.63) is 60.3 Å². The molecule has 176 valence electrons. The SMILES string of the molecule is CC1CN(c2ccnc(-c3cnc4cnc(C(F)(F)F)cn34)n2)C(C)C(C2=CCC(=O)C=C2)N1. The number of nitrogens with one attached hydrogen (secondary N) is 1. The number of halogens is 3. The molecular weight excluding hydrogens is 447 g/mol. The summed E-state index contributed by atoms with van der Waals surface area (Å²) in [5.41, 5.74) is 0.641. The van der Waals surface area contributed by atoms with E-state index in [4.69, 9.17) is 4.98 Å². The third kappa shape index (κ3) is 4.07. The second-order valence-corrected chi connectivity index (χ2v) is 8.53. The average molecular weight is 469 g/mol. The zero-order valence-electron chi connectivity index (χ0n) is 18.5. The van der Waals surface area contributed by atoms with E-state index < -0.39 is 11.9 Å². The Kier molecular flexibility index (Phi) is 5.43. The fourth-order valence-corrected chi connectivity index (χ4v) is 4.42. The summed E-state index contributed by atoms with van der Waals surface area (Å²) in [6.07, 6.45) is 6.23. The lowest BCUT2D eigenvalue weighted by atomic mass is 9.91. The first-order valence-electron chi connectivity index (χ1n) is 10.9. The molecule has 0 saturated carbocycles. The van der Waals surface area contributed by atoms with Crippen molar-refractivity contribution in [3.63, 3.8) is 0 Å². The molecule has 0 bridgehead atoms. The number of hydrogen-bond acceptors (Lipinski definition) is 7. The molecule has 0 radical (unpaired) electrons. The van der Waals surface area contributed by atoms with Gasteiger partial charge in [-0.3, -0.25) is 9.20 Å². The average Bonchev–Trinajstić information content (AvgIpc) is 3.24. The molecule has 34 heavy (non-hydrogen) atoms. The predicted octanol–water partition coefficient (Wildman–Crippen LogP) is 3.22. The first-order valence-corrected chi connectivity index (χ1v) is 10.9. The van der Waals surface area contributed by atoms with Crippen molar-refractivity contribution >= 4 is 17.2 Å². The maximum Gasteiger partial charge on any atom is 0.434 e. The van der Waals surface area contributed by atoms with Crippen LogP contribution in [0.3, 0.4) is 0 Å². The minimum Gasteiger partial charge on any atom is -0.350 e. The second kappa shape index (κ2) is 8.32. The molecule has 4 heterocycles. The largest absolute Gasteiger partial charge is 0.434 e. The summed E-state index contributed by atoms with van der Waals surface area (Å²) in [4.78, 5) is 30.3. The number of aromatic nitrogens is 5. The van der Waals surface area contributed by atoms with Gasteiger partial charge in [0.1, 0.15) is 11.5 Å². The van der Waals surface area contributed by atoms with Crippen LogP contribution in [0.5, 0.6) is 0 Å². The molecule has 1 aliphatic carbocycles. The summed E-state index contributed by atoms with van der Waals surface area (Å²) in [5.74, 6) is 1.00. The molecule has 1 saturated heterocycles. The molecule has 0 spiro atoms. The summed E-state index contributed by atoms with van der Waals surface area (Å²) in [5, 5.41) is 3.59. The summed E-state index contributed by atoms with van der Waals surface area (Å²) >= 11 is 0. The van der Waals surface area contributed by atoms with E-state index in [1.54, 1.807) is 18.3 Å². The Morgan fingerprint density at radius 2 is 1.94 bits per heavy atom. The van der Waals surface area contributed by atoms with Crippen LogP contribution in [0, 0.1) is 0 Å². The lowest BCUT2D eigenvalue weighted by Crippen LogP contribution is -2.61. The molecule has 2 aliphatic rings. The normalized spacial score (nSPS) is 23.4. The van der Waals surface area contributed by atoms with Crippen LogP contribution < -0.4 is 10.2 Å². The number of hydrogen-bond donors (Lipinski definition) is 1. The maximum atomic E-state index is 13.2. The molecule has 0 aromatic carbocycles. The predicted molar refractivity (Wildman–Crippen MR) is 119 cm³/mol. The van der Waals surface area contributed by atoms with E-state index in [-0.39, 0.29) is 35.4 Å². The van der Waals surface area contributed by atoms with Gasteiger partial charge in [0.25, 0.3) is 0 Å². The monoisotopic (exact) mass is 469 g/mol. The quantitative estimate of drug-likeness (QED) is 0.630. The molecule has 3 atom stereocenters. The molecule has 1 fully saturated rings. The van der Waals surface area contributed by atoms with Gasteiger partial charge in [-0.1, -0.05) is 12.2 Å². The number of alkyl halides is 3. The van der Waals surface area contributed by atoms with Gasteiger partial charge in [-0.25, -0.2) is 19.9 Å². The molecule has 3 aromatic heterocycles. The number of piperazine rings is 1. The Balaban J connectivity index is 1.49. The minimum absolute atomic E-state index is 0.00580. The highest BCUT2D eigenvalue weighted by atomic mass is 19.4. The smallest absolute Gasteiger partial charge is 0.350 e. The summed E-state index contributed by atoms with van der Waals surface area (Å²) in [6, 6.07) is 1.92. The van der Waals surface area contributed by atoms with E-state index >= 15 is 0 Å². The molecule has 5 rings (SSSR count). The molecule has 11 heteroatoms. The number of fused-ring (bicyclic) bond motifs is 1. The van der Waals surface area contributed by atoms with E-state index in [1.165, 1.54) is 10.6 Å². The van der Waals surface area contributed by atoms with Crippen molar-refractivity contribution in [2.45, 2.75) is 44.6 Å². The van der Waals surface area contributed by atoms with Gasteiger partial charge in [0.2, 0.25) is 0 Å². The van der Waals surface area contributed by atoms with Crippen LogP contribution in [0.2, 0.25) is 0 Å². The van der Waals surface area contributed by atoms with Gasteiger partial charge >= 0.3 is 6.18 Å². The number of carbonyl (C=O) groups excluding carboxylic acids is 1. The first kappa shape index (κ1) is 22.2. The highest BCUT2D eigenvalue weighted by Gasteiger charge is 2.35. The van der Waals surface area contributed by atoms with E-state index in [1.807, 2.05) is 12.2 Å². The number of allylic oxidation sites excluding steroid dienone is 2. The highest BCUT2D eigenvalue weighted by molar-refractivity contribution is 5.92. The number of carbonyl (C=O) groups is 1. The molecular formula is C23H22F3N7O. The van der Waals surface area contributed by atoms with Crippen molar-refractivity contribution in [2.24, 2.45) is 0 Å². The Hall–Kier alpha value is -3.60. The molecule has 3 aromatic rings. The van der Waals surface area contributed by atoms with E-state index in [0.29, 0.717) is 24.5 Å². The number of imidazole rings is 1. The third-order valence-electron chi connectivity index (χ3n) is 6.12. The molecule has 1 aliphatic heterocycles. The van der Waals surface area contributed by atoms with Gasteiger partial charge in [0.05, 0.1) is 18.4 Å². The molecule has 0 amide bonds. The van der Waals surface area contributed by atoms with Crippen molar-refractivity contribution in [3.8, 4) is 11.5 Å². The third-order valence-corrected chi connectivity index (χ3v) is 6.12. The summed E-state index contributed by atoms with van der Waals surface area (Å²) < 4.78 is 40.9. The van der Waals surface area contributed by atoms with Crippen LogP contribution in [0.25, 0.3) is 17.2 Å². The van der Waals surface area contributed by atoms with Gasteiger partial charge in [-0.2, -0.15) is 13.2 Å². The number of nitrogens with zero attached hydrogens (tertiary/aromatic N) is 6. The lowest BCUT2D eigenvalue weighted by Gasteiger charge is -2.44. The zero-order chi connectivity index (χ0) is 24.0. The molecule has 8 nitrogen and oxygen atoms in total. The van der Waals surface area contributed by atoms with Crippen LogP contribution in [-0.4, -0.2) is 54.8 Å². The Morgan fingerprint density at radius 1 is 1.12 bits per heavy atom. The second-order valence-electron chi connectivity index (χ2n) is 8.53. The van der Waals surface area contributed by atoms with Crippen LogP contribution in [0.15, 0.2) is 54.7 Å². The van der Waals surface area contributed by atoms with E-state index in [0.717, 1.165) is 18.0 Å². The van der Waals surface area contributed by atoms with Gasteiger partial charge in [0.15, 0.2) is 22.9 Å². The van der Waals surface area contributed by atoms with Crippen LogP contribution in [0.4, 0.5) is 19.0 Å². The van der Waals surface area contributed by atoms with Crippen LogP contribution >= 0.6 is 0 Å². The number of rotatable bonds is 3. The van der Waals surface area contributed by atoms with Gasteiger partial charge in [0, 0.05) is 37.4 Å². The first-order chi connectivity index (χ1) is 16.2. The topological polar surface area (TPSA) is 88.3 Å². The summed E-state index contributed by atoms with van der Waals surface area (Å²) in [6.45, 7) is 4.83. The Labute approximate surface area is 193 Å². The van der Waals surface area contributed by atoms with Crippen molar-refractivity contribution < 1.29 is 18.0 Å². The van der Waals surface area contributed by atoms with Gasteiger partial charge < -0.3 is 10.2 Å². The minimum atomic E-state index is -4.58. The highest BCUT2D eigenvalue weighted by Crippen LogP contribution is 2.30. The number of ketones is 1. The van der Waals surface area contributed by atoms with Gasteiger partial charge in [-0.15, -0.1) is 0 Å². The maximum absolute atomic E-state index is 13.2. The fraction of sp³-hybridized carbons (Fsp3) is 0.348. The standard InChI is InChI=1S/C23H22F3N7O/c1-13-11-32(14(2)21(30-13)15-3-5-16(34)6-4-15)19-7-8-27-22(31-19)17-9-29-20-10-28-18(12-33(17)20)23(24,25)26/h3-5,7-10,12-14,21,30H,6,11H2,1-2H3. The van der Waals surface area contributed by atoms with Crippen molar-refractivity contribution in [1.82, 2.24) is 29.7 Å². The van der Waals surface area contributed by atoms with E-state index in [9.17, 15) is 18.0 Å². The Morgan fingerprint density at radius 3 is 2.68 bits per heavy atom. The Bertz CT molecular complexity index is 1310. The van der Waals surface area contributed by atoms with Gasteiger partial charge in [-0.05, 0) is 31.6 Å². The lowest BCUT2D eigenvalue weighted by molar-refractivity contribution is -0.141. The molecule has 1 N–H and O–H groups in total. The van der Waals surface area contributed by atoms with E-state index in [2.05, 4.69) is 39.0 Å². The fourth-order valence-electron chi connectivity index (χ4n) is 4.42. The number of anilines is 1. The van der Waals surface area contributed by atoms with Crippen molar-refractivity contribution in [1.29, 1.82) is 0 Å². The molecule has 3 unspecified atom stereocenters. The van der Waals surface area contributed by atoms with Crippen molar-refractivity contribution in [2.75, 3.05) is 11.4 Å².